The van der Waals surface area contributed by atoms with E-state index in [1.165, 1.54) is 12.1 Å². The quantitative estimate of drug-likeness (QED) is 0.588. The highest BCUT2D eigenvalue weighted by Gasteiger charge is 2.40. The Morgan fingerprint density at radius 2 is 1.88 bits per heavy atom. The summed E-state index contributed by atoms with van der Waals surface area (Å²) in [5.41, 5.74) is 1.08. The van der Waals surface area contributed by atoms with E-state index in [1.807, 2.05) is 17.9 Å². The van der Waals surface area contributed by atoms with Gasteiger partial charge in [-0.3, -0.25) is 19.8 Å². The molecular weight excluding hydrogens is 318 g/mol. The number of hydrogen-bond donors (Lipinski definition) is 0. The van der Waals surface area contributed by atoms with Crippen LogP contribution < -0.4 is 0 Å². The molecule has 0 saturated carbocycles. The first-order chi connectivity index (χ1) is 12.1. The van der Waals surface area contributed by atoms with Crippen LogP contribution in [-0.4, -0.2) is 52.3 Å². The predicted molar refractivity (Wildman–Crippen MR) is 97.1 cm³/mol. The third-order valence-electron chi connectivity index (χ3n) is 5.18. The van der Waals surface area contributed by atoms with Crippen molar-refractivity contribution in [2.45, 2.75) is 44.7 Å². The van der Waals surface area contributed by atoms with Crippen molar-refractivity contribution in [2.24, 2.45) is 0 Å². The second-order valence-electron chi connectivity index (χ2n) is 6.88. The zero-order chi connectivity index (χ0) is 17.8. The molecule has 6 nitrogen and oxygen atoms in total. The summed E-state index contributed by atoms with van der Waals surface area (Å²) in [5, 5.41) is 10.7. The molecule has 6 heteroatoms. The summed E-state index contributed by atoms with van der Waals surface area (Å²) in [6.45, 7) is 4.61. The summed E-state index contributed by atoms with van der Waals surface area (Å²) in [5.74, 6) is 0.292. The van der Waals surface area contributed by atoms with Crippen LogP contribution in [0.15, 0.2) is 30.3 Å². The molecule has 0 spiro atoms. The number of rotatable bonds is 6. The van der Waals surface area contributed by atoms with E-state index >= 15 is 0 Å². The van der Waals surface area contributed by atoms with Crippen molar-refractivity contribution in [3.05, 3.63) is 46.0 Å². The van der Waals surface area contributed by atoms with Crippen LogP contribution in [0, 0.1) is 10.1 Å². The van der Waals surface area contributed by atoms with Gasteiger partial charge in [0, 0.05) is 50.3 Å². The third kappa shape index (κ3) is 4.07. The maximum Gasteiger partial charge on any atom is 0.269 e. The molecule has 0 radical (unpaired) electrons. The van der Waals surface area contributed by atoms with E-state index in [1.54, 1.807) is 12.1 Å². The number of nitro benzene ring substituents is 1. The van der Waals surface area contributed by atoms with E-state index in [2.05, 4.69) is 11.0 Å². The molecule has 2 fully saturated rings. The Bertz CT molecular complexity index is 642. The fourth-order valence-corrected chi connectivity index (χ4v) is 3.88. The number of non-ortho nitro benzene ring substituents is 1. The van der Waals surface area contributed by atoms with Crippen molar-refractivity contribution < 1.29 is 9.72 Å². The van der Waals surface area contributed by atoms with Gasteiger partial charge in [0.15, 0.2) is 0 Å². The normalized spacial score (nSPS) is 23.3. The number of likely N-dealkylation sites (tertiary alicyclic amines) is 1. The molecule has 2 atom stereocenters. The summed E-state index contributed by atoms with van der Waals surface area (Å²) in [4.78, 5) is 27.0. The van der Waals surface area contributed by atoms with E-state index in [4.69, 9.17) is 0 Å². The van der Waals surface area contributed by atoms with E-state index in [0.29, 0.717) is 24.4 Å². The highest BCUT2D eigenvalue weighted by atomic mass is 16.6. The van der Waals surface area contributed by atoms with Crippen LogP contribution >= 0.6 is 0 Å². The molecule has 0 N–H and O–H groups in total. The Hall–Kier alpha value is -2.21. The van der Waals surface area contributed by atoms with Crippen LogP contribution in [0.5, 0.6) is 0 Å². The molecule has 2 aliphatic rings. The van der Waals surface area contributed by atoms with Crippen LogP contribution in [0.25, 0.3) is 6.08 Å². The molecule has 2 bridgehead atoms. The van der Waals surface area contributed by atoms with Crippen molar-refractivity contribution in [1.82, 2.24) is 9.80 Å². The summed E-state index contributed by atoms with van der Waals surface area (Å²) < 4.78 is 0. The van der Waals surface area contributed by atoms with Gasteiger partial charge in [-0.2, -0.15) is 0 Å². The lowest BCUT2D eigenvalue weighted by atomic mass is 10.1. The minimum atomic E-state index is -0.384. The van der Waals surface area contributed by atoms with Gasteiger partial charge in [-0.05, 0) is 37.0 Å². The highest BCUT2D eigenvalue weighted by molar-refractivity contribution is 5.76. The summed E-state index contributed by atoms with van der Waals surface area (Å²) in [6.07, 6.45) is 8.01. The number of amides is 1. The number of benzene rings is 1. The molecule has 1 amide bonds. The van der Waals surface area contributed by atoms with Crippen LogP contribution in [-0.2, 0) is 4.79 Å². The molecule has 2 aliphatic heterocycles. The van der Waals surface area contributed by atoms with Gasteiger partial charge in [-0.1, -0.05) is 19.1 Å². The molecule has 1 aromatic carbocycles. The lowest BCUT2D eigenvalue weighted by molar-refractivity contribution is -0.384. The Morgan fingerprint density at radius 1 is 1.24 bits per heavy atom. The van der Waals surface area contributed by atoms with Crippen LogP contribution in [0.4, 0.5) is 5.69 Å². The smallest absolute Gasteiger partial charge is 0.269 e. The molecule has 2 heterocycles. The molecule has 134 valence electrons. The summed E-state index contributed by atoms with van der Waals surface area (Å²) in [7, 11) is 0. The Kier molecular flexibility index (Phi) is 5.48. The first-order valence-corrected chi connectivity index (χ1v) is 9.03. The first kappa shape index (κ1) is 17.6. The lowest BCUT2D eigenvalue weighted by Gasteiger charge is -2.40. The van der Waals surface area contributed by atoms with Gasteiger partial charge in [-0.15, -0.1) is 0 Å². The second-order valence-corrected chi connectivity index (χ2v) is 6.88. The average molecular weight is 343 g/mol. The van der Waals surface area contributed by atoms with E-state index < -0.39 is 0 Å². The van der Waals surface area contributed by atoms with Crippen molar-refractivity contribution >= 4 is 17.7 Å². The Labute approximate surface area is 148 Å². The van der Waals surface area contributed by atoms with E-state index in [-0.39, 0.29) is 10.6 Å². The topological polar surface area (TPSA) is 66.7 Å². The monoisotopic (exact) mass is 343 g/mol. The predicted octanol–water partition coefficient (Wildman–Crippen LogP) is 3.08. The fraction of sp³-hybridized carbons (Fsp3) is 0.526. The molecular formula is C19H25N3O3. The van der Waals surface area contributed by atoms with Gasteiger partial charge in [0.1, 0.15) is 0 Å². The van der Waals surface area contributed by atoms with E-state index in [0.717, 1.165) is 44.5 Å². The fourth-order valence-electron chi connectivity index (χ4n) is 3.88. The Balaban J connectivity index is 1.56. The maximum atomic E-state index is 12.1. The van der Waals surface area contributed by atoms with Crippen LogP contribution in [0.3, 0.4) is 0 Å². The SMILES string of the molecule is CCCC(=O)N1CC2CCC(C1)N2C/C=C/c1ccc([N+](=O)[O-])cc1. The molecule has 3 rings (SSSR count). The Morgan fingerprint density at radius 3 is 2.44 bits per heavy atom. The third-order valence-corrected chi connectivity index (χ3v) is 5.18. The molecule has 25 heavy (non-hydrogen) atoms. The van der Waals surface area contributed by atoms with Crippen molar-refractivity contribution in [3.63, 3.8) is 0 Å². The van der Waals surface area contributed by atoms with Gasteiger partial charge in [-0.25, -0.2) is 0 Å². The summed E-state index contributed by atoms with van der Waals surface area (Å²) >= 11 is 0. The number of piperazine rings is 1. The maximum absolute atomic E-state index is 12.1. The number of nitrogens with zero attached hydrogens (tertiary/aromatic N) is 3. The van der Waals surface area contributed by atoms with Gasteiger partial charge in [0.2, 0.25) is 5.91 Å². The number of hydrogen-bond acceptors (Lipinski definition) is 4. The average Bonchev–Trinajstić information content (AvgIpc) is 2.84. The molecule has 0 aliphatic carbocycles. The van der Waals surface area contributed by atoms with Gasteiger partial charge in [0.05, 0.1) is 4.92 Å². The molecule has 2 unspecified atom stereocenters. The number of fused-ring (bicyclic) bond motifs is 2. The highest BCUT2D eigenvalue weighted by Crippen LogP contribution is 2.30. The minimum Gasteiger partial charge on any atom is -0.340 e. The van der Waals surface area contributed by atoms with Gasteiger partial charge < -0.3 is 4.90 Å². The van der Waals surface area contributed by atoms with Crippen LogP contribution in [0.1, 0.15) is 38.2 Å². The van der Waals surface area contributed by atoms with Gasteiger partial charge in [0.25, 0.3) is 5.69 Å². The standard InChI is InChI=1S/C19H25N3O3/c1-2-4-19(23)20-13-17-10-11-18(14-20)21(17)12-3-5-15-6-8-16(9-7-15)22(24)25/h3,5-9,17-18H,2,4,10-14H2,1H3/b5-3+. The van der Waals surface area contributed by atoms with Crippen molar-refractivity contribution in [2.75, 3.05) is 19.6 Å². The van der Waals surface area contributed by atoms with Crippen molar-refractivity contribution in [1.29, 1.82) is 0 Å². The number of carbonyl (C=O) groups excluding carboxylic acids is 1. The largest absolute Gasteiger partial charge is 0.340 e. The number of carbonyl (C=O) groups is 1. The zero-order valence-electron chi connectivity index (χ0n) is 14.6. The van der Waals surface area contributed by atoms with Crippen LogP contribution in [0.2, 0.25) is 0 Å². The summed E-state index contributed by atoms with van der Waals surface area (Å²) in [6, 6.07) is 7.51. The van der Waals surface area contributed by atoms with Gasteiger partial charge >= 0.3 is 0 Å². The first-order valence-electron chi connectivity index (χ1n) is 9.03. The molecule has 1 aromatic rings. The zero-order valence-corrected chi connectivity index (χ0v) is 14.6. The molecule has 2 saturated heterocycles. The second kappa shape index (κ2) is 7.78. The molecule has 0 aromatic heterocycles. The number of nitro groups is 1. The van der Waals surface area contributed by atoms with Crippen molar-refractivity contribution in [3.8, 4) is 0 Å². The minimum absolute atomic E-state index is 0.114. The van der Waals surface area contributed by atoms with E-state index in [9.17, 15) is 14.9 Å². The lowest BCUT2D eigenvalue weighted by Crippen LogP contribution is -2.55.